The van der Waals surface area contributed by atoms with Gasteiger partial charge in [0.1, 0.15) is 5.82 Å². The average molecular weight is 393 g/mol. The predicted octanol–water partition coefficient (Wildman–Crippen LogP) is 4.83. The molecule has 154 valence electrons. The van der Waals surface area contributed by atoms with Gasteiger partial charge in [-0.15, -0.1) is 0 Å². The quantitative estimate of drug-likeness (QED) is 0.540. The Morgan fingerprint density at radius 3 is 2.72 bits per heavy atom. The number of hydrogen-bond acceptors (Lipinski definition) is 4. The molecule has 1 aliphatic rings. The van der Waals surface area contributed by atoms with E-state index in [1.165, 1.54) is 44.3 Å². The predicted molar refractivity (Wildman–Crippen MR) is 118 cm³/mol. The molecule has 1 aromatic carbocycles. The monoisotopic (exact) mass is 392 g/mol. The van der Waals surface area contributed by atoms with Crippen LogP contribution >= 0.6 is 0 Å². The van der Waals surface area contributed by atoms with E-state index in [0.29, 0.717) is 5.88 Å². The molecule has 0 saturated carbocycles. The first-order chi connectivity index (χ1) is 14.1. The van der Waals surface area contributed by atoms with Crippen LogP contribution in [0.15, 0.2) is 36.5 Å². The van der Waals surface area contributed by atoms with Gasteiger partial charge >= 0.3 is 0 Å². The minimum atomic E-state index is 0.686. The van der Waals surface area contributed by atoms with Gasteiger partial charge in [-0.05, 0) is 76.4 Å². The largest absolute Gasteiger partial charge is 0.478 e. The second kappa shape index (κ2) is 8.95. The summed E-state index contributed by atoms with van der Waals surface area (Å²) in [6.07, 6.45) is 8.15. The third-order valence-corrected chi connectivity index (χ3v) is 6.20. The number of fused-ring (bicyclic) bond motifs is 1. The molecule has 2 aromatic heterocycles. The average Bonchev–Trinajstić information content (AvgIpc) is 3.07. The SMILES string of the molecule is Cc1cccc2c1nc(-c1ccnc(OCCCCC3CCN(C)CC3)c1)n2C. The van der Waals surface area contributed by atoms with Crippen LogP contribution in [0.5, 0.6) is 5.88 Å². The summed E-state index contributed by atoms with van der Waals surface area (Å²) in [6.45, 7) is 5.33. The van der Waals surface area contributed by atoms with E-state index < -0.39 is 0 Å². The molecule has 1 aliphatic heterocycles. The van der Waals surface area contributed by atoms with Gasteiger partial charge in [0.05, 0.1) is 17.6 Å². The Hall–Kier alpha value is -2.40. The van der Waals surface area contributed by atoms with Crippen molar-refractivity contribution in [3.63, 3.8) is 0 Å². The lowest BCUT2D eigenvalue weighted by Gasteiger charge is -2.28. The molecular weight excluding hydrogens is 360 g/mol. The van der Waals surface area contributed by atoms with Crippen LogP contribution in [0.3, 0.4) is 0 Å². The Kier molecular flexibility index (Phi) is 6.14. The maximum atomic E-state index is 5.96. The van der Waals surface area contributed by atoms with Crippen LogP contribution in [0.2, 0.25) is 0 Å². The van der Waals surface area contributed by atoms with Crippen molar-refractivity contribution in [1.82, 2.24) is 19.4 Å². The van der Waals surface area contributed by atoms with Crippen molar-refractivity contribution < 1.29 is 4.74 Å². The van der Waals surface area contributed by atoms with E-state index in [9.17, 15) is 0 Å². The van der Waals surface area contributed by atoms with Crippen LogP contribution in [0.25, 0.3) is 22.4 Å². The maximum absolute atomic E-state index is 5.96. The lowest BCUT2D eigenvalue weighted by molar-refractivity contribution is 0.205. The number of unbranched alkanes of at least 4 members (excludes halogenated alkanes) is 1. The number of para-hydroxylation sites is 1. The molecule has 0 atom stereocenters. The van der Waals surface area contributed by atoms with Gasteiger partial charge in [0.15, 0.2) is 0 Å². The first-order valence-electron chi connectivity index (χ1n) is 10.8. The summed E-state index contributed by atoms with van der Waals surface area (Å²) in [7, 11) is 4.29. The number of hydrogen-bond donors (Lipinski definition) is 0. The fraction of sp³-hybridized carbons (Fsp3) is 0.500. The number of piperidine rings is 1. The molecule has 0 N–H and O–H groups in total. The van der Waals surface area contributed by atoms with Gasteiger partial charge in [-0.25, -0.2) is 9.97 Å². The highest BCUT2D eigenvalue weighted by Crippen LogP contribution is 2.27. The van der Waals surface area contributed by atoms with Gasteiger partial charge in [0.2, 0.25) is 5.88 Å². The molecule has 29 heavy (non-hydrogen) atoms. The smallest absolute Gasteiger partial charge is 0.213 e. The number of aryl methyl sites for hydroxylation is 2. The maximum Gasteiger partial charge on any atom is 0.213 e. The zero-order valence-corrected chi connectivity index (χ0v) is 17.9. The zero-order valence-electron chi connectivity index (χ0n) is 17.9. The molecule has 1 saturated heterocycles. The molecule has 0 bridgehead atoms. The van der Waals surface area contributed by atoms with Crippen molar-refractivity contribution in [2.75, 3.05) is 26.7 Å². The number of benzene rings is 1. The van der Waals surface area contributed by atoms with Crippen molar-refractivity contribution in [2.24, 2.45) is 13.0 Å². The Labute approximate surface area is 173 Å². The third kappa shape index (κ3) is 4.61. The van der Waals surface area contributed by atoms with E-state index in [1.54, 1.807) is 0 Å². The molecule has 1 fully saturated rings. The van der Waals surface area contributed by atoms with Crippen LogP contribution < -0.4 is 4.74 Å². The lowest BCUT2D eigenvalue weighted by atomic mass is 9.92. The van der Waals surface area contributed by atoms with Crippen LogP contribution in [0.4, 0.5) is 0 Å². The van der Waals surface area contributed by atoms with Crippen molar-refractivity contribution >= 4 is 11.0 Å². The van der Waals surface area contributed by atoms with E-state index in [1.807, 2.05) is 18.3 Å². The van der Waals surface area contributed by atoms with Gasteiger partial charge in [0, 0.05) is 24.9 Å². The van der Waals surface area contributed by atoms with Crippen LogP contribution in [-0.2, 0) is 7.05 Å². The molecule has 5 nitrogen and oxygen atoms in total. The molecule has 0 radical (unpaired) electrons. The topological polar surface area (TPSA) is 43.2 Å². The summed E-state index contributed by atoms with van der Waals surface area (Å²) in [5.41, 5.74) is 4.44. The first kappa shape index (κ1) is 19.9. The van der Waals surface area contributed by atoms with Gasteiger partial charge in [0.25, 0.3) is 0 Å². The molecule has 0 unspecified atom stereocenters. The van der Waals surface area contributed by atoms with Crippen LogP contribution in [0, 0.1) is 12.8 Å². The number of imidazole rings is 1. The highest BCUT2D eigenvalue weighted by Gasteiger charge is 2.16. The second-order valence-corrected chi connectivity index (χ2v) is 8.41. The van der Waals surface area contributed by atoms with Gasteiger partial charge in [-0.3, -0.25) is 0 Å². The Bertz CT molecular complexity index is 957. The number of rotatable bonds is 7. The minimum absolute atomic E-state index is 0.686. The zero-order chi connectivity index (χ0) is 20.2. The molecule has 4 rings (SSSR count). The highest BCUT2D eigenvalue weighted by atomic mass is 16.5. The van der Waals surface area contributed by atoms with E-state index in [2.05, 4.69) is 53.7 Å². The Morgan fingerprint density at radius 1 is 1.10 bits per heavy atom. The van der Waals surface area contributed by atoms with Gasteiger partial charge in [-0.1, -0.05) is 18.6 Å². The highest BCUT2D eigenvalue weighted by molar-refractivity contribution is 5.83. The lowest BCUT2D eigenvalue weighted by Crippen LogP contribution is -2.30. The normalized spacial score (nSPS) is 15.8. The van der Waals surface area contributed by atoms with E-state index in [-0.39, 0.29) is 0 Å². The van der Waals surface area contributed by atoms with Crippen molar-refractivity contribution in [2.45, 2.75) is 39.0 Å². The van der Waals surface area contributed by atoms with Gasteiger partial charge in [-0.2, -0.15) is 0 Å². The van der Waals surface area contributed by atoms with Crippen molar-refractivity contribution in [3.05, 3.63) is 42.1 Å². The molecule has 0 spiro atoms. The Morgan fingerprint density at radius 2 is 1.93 bits per heavy atom. The fourth-order valence-electron chi connectivity index (χ4n) is 4.30. The van der Waals surface area contributed by atoms with E-state index in [4.69, 9.17) is 9.72 Å². The summed E-state index contributed by atoms with van der Waals surface area (Å²) in [5.74, 6) is 2.53. The fourth-order valence-corrected chi connectivity index (χ4v) is 4.30. The van der Waals surface area contributed by atoms with Crippen LogP contribution in [-0.4, -0.2) is 46.2 Å². The van der Waals surface area contributed by atoms with Crippen LogP contribution in [0.1, 0.15) is 37.7 Å². The molecule has 3 aromatic rings. The molecular formula is C24H32N4O. The Balaban J connectivity index is 1.33. The summed E-state index contributed by atoms with van der Waals surface area (Å²) >= 11 is 0. The summed E-state index contributed by atoms with van der Waals surface area (Å²) in [6, 6.07) is 10.3. The molecule has 0 amide bonds. The second-order valence-electron chi connectivity index (χ2n) is 8.41. The van der Waals surface area contributed by atoms with Crippen molar-refractivity contribution in [1.29, 1.82) is 0 Å². The standard InChI is InChI=1S/C24H32N4O/c1-18-7-6-9-21-23(18)26-24(28(21)3)20-10-13-25-22(17-20)29-16-5-4-8-19-11-14-27(2)15-12-19/h6-7,9-10,13,17,19H,4-5,8,11-12,14-16H2,1-3H3. The summed E-state index contributed by atoms with van der Waals surface area (Å²) in [5, 5.41) is 0. The number of likely N-dealkylation sites (tertiary alicyclic amines) is 1. The van der Waals surface area contributed by atoms with E-state index in [0.717, 1.165) is 41.4 Å². The molecule has 3 heterocycles. The summed E-state index contributed by atoms with van der Waals surface area (Å²) < 4.78 is 8.10. The minimum Gasteiger partial charge on any atom is -0.478 e. The van der Waals surface area contributed by atoms with Crippen molar-refractivity contribution in [3.8, 4) is 17.3 Å². The number of nitrogens with zero attached hydrogens (tertiary/aromatic N) is 4. The summed E-state index contributed by atoms with van der Waals surface area (Å²) in [4.78, 5) is 11.7. The third-order valence-electron chi connectivity index (χ3n) is 6.20. The number of pyridine rings is 1. The van der Waals surface area contributed by atoms with Gasteiger partial charge < -0.3 is 14.2 Å². The molecule has 0 aliphatic carbocycles. The first-order valence-corrected chi connectivity index (χ1v) is 10.8. The van der Waals surface area contributed by atoms with E-state index >= 15 is 0 Å². The number of aromatic nitrogens is 3. The molecule has 5 heteroatoms. The number of ether oxygens (including phenoxy) is 1.